The zero-order valence-corrected chi connectivity index (χ0v) is 10.4. The van der Waals surface area contributed by atoms with E-state index in [0.29, 0.717) is 6.04 Å². The summed E-state index contributed by atoms with van der Waals surface area (Å²) in [7, 11) is 0. The smallest absolute Gasteiger partial charge is 0.151 e. The highest BCUT2D eigenvalue weighted by Crippen LogP contribution is 2.26. The SMILES string of the molecule is C[C@H]1CCc2nnc(N3CC[C@@H](N)C3)cc2C1. The Morgan fingerprint density at radius 2 is 2.24 bits per heavy atom. The van der Waals surface area contributed by atoms with Crippen LogP contribution in [0.2, 0.25) is 0 Å². The minimum Gasteiger partial charge on any atom is -0.354 e. The van der Waals surface area contributed by atoms with Gasteiger partial charge >= 0.3 is 0 Å². The first-order valence-corrected chi connectivity index (χ1v) is 6.58. The fourth-order valence-electron chi connectivity index (χ4n) is 2.84. The fraction of sp³-hybridized carbons (Fsp3) is 0.692. The number of anilines is 1. The van der Waals surface area contributed by atoms with E-state index in [1.807, 2.05) is 0 Å². The van der Waals surface area contributed by atoms with E-state index < -0.39 is 0 Å². The van der Waals surface area contributed by atoms with Crippen LogP contribution in [0.5, 0.6) is 0 Å². The van der Waals surface area contributed by atoms with Crippen molar-refractivity contribution in [2.24, 2.45) is 11.7 Å². The number of nitrogens with zero attached hydrogens (tertiary/aromatic N) is 3. The highest BCUT2D eigenvalue weighted by molar-refractivity contribution is 5.43. The summed E-state index contributed by atoms with van der Waals surface area (Å²) < 4.78 is 0. The second-order valence-corrected chi connectivity index (χ2v) is 5.52. The van der Waals surface area contributed by atoms with Crippen molar-refractivity contribution in [3.05, 3.63) is 17.3 Å². The number of fused-ring (bicyclic) bond motifs is 1. The topological polar surface area (TPSA) is 55.0 Å². The monoisotopic (exact) mass is 232 g/mol. The number of aromatic nitrogens is 2. The first-order chi connectivity index (χ1) is 8.22. The van der Waals surface area contributed by atoms with Crippen LogP contribution in [0.15, 0.2) is 6.07 Å². The first-order valence-electron chi connectivity index (χ1n) is 6.58. The summed E-state index contributed by atoms with van der Waals surface area (Å²) in [5, 5.41) is 8.74. The Hall–Kier alpha value is -1.16. The molecule has 0 saturated carbocycles. The quantitative estimate of drug-likeness (QED) is 0.789. The summed E-state index contributed by atoms with van der Waals surface area (Å²) in [6, 6.07) is 2.53. The molecule has 92 valence electrons. The van der Waals surface area contributed by atoms with E-state index in [9.17, 15) is 0 Å². The number of hydrogen-bond donors (Lipinski definition) is 1. The molecule has 2 atom stereocenters. The average molecular weight is 232 g/mol. The molecule has 0 amide bonds. The molecule has 0 unspecified atom stereocenters. The number of rotatable bonds is 1. The molecule has 2 heterocycles. The fourth-order valence-corrected chi connectivity index (χ4v) is 2.84. The van der Waals surface area contributed by atoms with E-state index >= 15 is 0 Å². The lowest BCUT2D eigenvalue weighted by Crippen LogP contribution is -2.27. The lowest BCUT2D eigenvalue weighted by atomic mass is 9.88. The van der Waals surface area contributed by atoms with Gasteiger partial charge in [-0.15, -0.1) is 5.10 Å². The molecule has 1 aromatic rings. The summed E-state index contributed by atoms with van der Waals surface area (Å²) in [5.41, 5.74) is 8.53. The predicted molar refractivity (Wildman–Crippen MR) is 68.0 cm³/mol. The Bertz CT molecular complexity index is 418. The molecule has 0 aromatic carbocycles. The van der Waals surface area contributed by atoms with E-state index in [-0.39, 0.29) is 0 Å². The summed E-state index contributed by atoms with van der Waals surface area (Å²) in [5.74, 6) is 1.80. The van der Waals surface area contributed by atoms with Crippen LogP contribution in [0.4, 0.5) is 5.82 Å². The lowest BCUT2D eigenvalue weighted by molar-refractivity contribution is 0.490. The van der Waals surface area contributed by atoms with Crippen LogP contribution in [0.1, 0.15) is 31.0 Å². The van der Waals surface area contributed by atoms with Crippen LogP contribution >= 0.6 is 0 Å². The van der Waals surface area contributed by atoms with Crippen molar-refractivity contribution >= 4 is 5.82 Å². The number of nitrogens with two attached hydrogens (primary N) is 1. The molecule has 1 saturated heterocycles. The van der Waals surface area contributed by atoms with Crippen LogP contribution in [-0.2, 0) is 12.8 Å². The molecule has 0 radical (unpaired) electrons. The predicted octanol–water partition coefficient (Wildman–Crippen LogP) is 1.14. The van der Waals surface area contributed by atoms with Crippen molar-refractivity contribution in [1.29, 1.82) is 0 Å². The van der Waals surface area contributed by atoms with E-state index in [4.69, 9.17) is 5.73 Å². The normalized spacial score (nSPS) is 28.2. The maximum absolute atomic E-state index is 5.93. The highest BCUT2D eigenvalue weighted by Gasteiger charge is 2.23. The van der Waals surface area contributed by atoms with Gasteiger partial charge in [0.05, 0.1) is 5.69 Å². The molecule has 4 heteroatoms. The second kappa shape index (κ2) is 4.26. The maximum atomic E-state index is 5.93. The van der Waals surface area contributed by atoms with Crippen LogP contribution in [0.25, 0.3) is 0 Å². The van der Waals surface area contributed by atoms with E-state index in [1.54, 1.807) is 0 Å². The summed E-state index contributed by atoms with van der Waals surface area (Å²) in [4.78, 5) is 2.26. The largest absolute Gasteiger partial charge is 0.354 e. The number of hydrogen-bond acceptors (Lipinski definition) is 4. The van der Waals surface area contributed by atoms with Crippen molar-refractivity contribution in [3.8, 4) is 0 Å². The molecule has 1 fully saturated rings. The molecule has 1 aliphatic carbocycles. The van der Waals surface area contributed by atoms with Crippen molar-refractivity contribution in [2.45, 2.75) is 38.6 Å². The van der Waals surface area contributed by atoms with Crippen LogP contribution in [0.3, 0.4) is 0 Å². The van der Waals surface area contributed by atoms with E-state index in [2.05, 4.69) is 28.1 Å². The van der Waals surface area contributed by atoms with Crippen molar-refractivity contribution in [3.63, 3.8) is 0 Å². The number of aryl methyl sites for hydroxylation is 1. The molecule has 1 aromatic heterocycles. The van der Waals surface area contributed by atoms with E-state index in [0.717, 1.165) is 44.1 Å². The van der Waals surface area contributed by atoms with Gasteiger partial charge in [0.2, 0.25) is 0 Å². The Kier molecular flexibility index (Phi) is 2.74. The molecule has 3 rings (SSSR count). The summed E-state index contributed by atoms with van der Waals surface area (Å²) in [6.45, 7) is 4.25. The van der Waals surface area contributed by atoms with Gasteiger partial charge in [0.25, 0.3) is 0 Å². The molecular formula is C13H20N4. The van der Waals surface area contributed by atoms with Gasteiger partial charge in [0.15, 0.2) is 5.82 Å². The third-order valence-electron chi connectivity index (χ3n) is 3.94. The Morgan fingerprint density at radius 1 is 1.35 bits per heavy atom. The van der Waals surface area contributed by atoms with Crippen LogP contribution in [0, 0.1) is 5.92 Å². The molecule has 0 spiro atoms. The van der Waals surface area contributed by atoms with Gasteiger partial charge in [-0.05, 0) is 43.2 Å². The van der Waals surface area contributed by atoms with Gasteiger partial charge in [-0.3, -0.25) is 0 Å². The van der Waals surface area contributed by atoms with E-state index in [1.165, 1.54) is 17.7 Å². The first kappa shape index (κ1) is 11.0. The summed E-state index contributed by atoms with van der Waals surface area (Å²) >= 11 is 0. The average Bonchev–Trinajstić information content (AvgIpc) is 2.75. The van der Waals surface area contributed by atoms with Gasteiger partial charge in [-0.1, -0.05) is 6.92 Å². The third-order valence-corrected chi connectivity index (χ3v) is 3.94. The highest BCUT2D eigenvalue weighted by atomic mass is 15.3. The lowest BCUT2D eigenvalue weighted by Gasteiger charge is -2.23. The minimum atomic E-state index is 0.298. The third kappa shape index (κ3) is 2.14. The molecule has 1 aliphatic heterocycles. The minimum absolute atomic E-state index is 0.298. The Balaban J connectivity index is 1.85. The molecule has 2 aliphatic rings. The molecule has 17 heavy (non-hydrogen) atoms. The van der Waals surface area contributed by atoms with Crippen molar-refractivity contribution in [1.82, 2.24) is 10.2 Å². The van der Waals surface area contributed by atoms with Gasteiger partial charge < -0.3 is 10.6 Å². The Morgan fingerprint density at radius 3 is 3.00 bits per heavy atom. The zero-order valence-electron chi connectivity index (χ0n) is 10.4. The van der Waals surface area contributed by atoms with Gasteiger partial charge in [-0.25, -0.2) is 0 Å². The molecule has 2 N–H and O–H groups in total. The maximum Gasteiger partial charge on any atom is 0.151 e. The zero-order chi connectivity index (χ0) is 11.8. The van der Waals surface area contributed by atoms with Gasteiger partial charge in [0, 0.05) is 19.1 Å². The van der Waals surface area contributed by atoms with Crippen LogP contribution < -0.4 is 10.6 Å². The molecule has 4 nitrogen and oxygen atoms in total. The second-order valence-electron chi connectivity index (χ2n) is 5.52. The van der Waals surface area contributed by atoms with Crippen molar-refractivity contribution in [2.75, 3.05) is 18.0 Å². The van der Waals surface area contributed by atoms with Crippen LogP contribution in [-0.4, -0.2) is 29.3 Å². The molecular weight excluding hydrogens is 212 g/mol. The Labute approximate surface area is 102 Å². The summed E-state index contributed by atoms with van der Waals surface area (Å²) in [6.07, 6.45) is 4.55. The van der Waals surface area contributed by atoms with Gasteiger partial charge in [-0.2, -0.15) is 5.10 Å². The van der Waals surface area contributed by atoms with Crippen molar-refractivity contribution < 1.29 is 0 Å². The molecule has 0 bridgehead atoms. The standard InChI is InChI=1S/C13H20N4/c1-9-2-3-12-10(6-9)7-13(16-15-12)17-5-4-11(14)8-17/h7,9,11H,2-6,8,14H2,1H3/t9-,11+/m0/s1. The van der Waals surface area contributed by atoms with Gasteiger partial charge in [0.1, 0.15) is 0 Å².